The summed E-state index contributed by atoms with van der Waals surface area (Å²) in [6.07, 6.45) is 2.79. The minimum atomic E-state index is 0.528. The number of nitrogens with two attached hydrogens (primary N) is 1. The smallest absolute Gasteiger partial charge is 0.142 e. The molecule has 4 heteroatoms. The Kier molecular flexibility index (Phi) is 3.41. The molecule has 84 valence electrons. The van der Waals surface area contributed by atoms with E-state index < -0.39 is 0 Å². The largest absolute Gasteiger partial charge is 0.486 e. The Morgan fingerprint density at radius 1 is 1.44 bits per heavy atom. The van der Waals surface area contributed by atoms with Gasteiger partial charge in [-0.15, -0.1) is 11.3 Å². The molecule has 1 heterocycles. The van der Waals surface area contributed by atoms with E-state index in [-0.39, 0.29) is 0 Å². The molecule has 0 fully saturated rings. The van der Waals surface area contributed by atoms with Crippen LogP contribution in [0.3, 0.4) is 0 Å². The van der Waals surface area contributed by atoms with Gasteiger partial charge in [0.25, 0.3) is 0 Å². The molecule has 0 spiro atoms. The Morgan fingerprint density at radius 3 is 2.94 bits per heavy atom. The average Bonchev–Trinajstić information content (AvgIpc) is 2.80. The number of ether oxygens (including phenoxy) is 1. The van der Waals surface area contributed by atoms with Gasteiger partial charge in [-0.25, -0.2) is 0 Å². The van der Waals surface area contributed by atoms with E-state index in [1.165, 1.54) is 5.56 Å². The fourth-order valence-electron chi connectivity index (χ4n) is 1.41. The number of thiazole rings is 1. The van der Waals surface area contributed by atoms with E-state index >= 15 is 0 Å². The van der Waals surface area contributed by atoms with Crippen LogP contribution in [0.2, 0.25) is 0 Å². The Balaban J connectivity index is 2.04. The van der Waals surface area contributed by atoms with Crippen molar-refractivity contribution in [3.63, 3.8) is 0 Å². The van der Waals surface area contributed by atoms with Crippen molar-refractivity contribution in [2.24, 2.45) is 0 Å². The van der Waals surface area contributed by atoms with E-state index in [2.05, 4.69) is 11.9 Å². The fraction of sp³-hybridized carbons (Fsp3) is 0.250. The van der Waals surface area contributed by atoms with Crippen molar-refractivity contribution in [1.29, 1.82) is 0 Å². The van der Waals surface area contributed by atoms with E-state index in [9.17, 15) is 0 Å². The highest BCUT2D eigenvalue weighted by atomic mass is 32.1. The SMILES string of the molecule is CCc1ccc(OCc2cncs2)c(N)c1. The van der Waals surface area contributed by atoms with Crippen LogP contribution in [0.4, 0.5) is 5.69 Å². The quantitative estimate of drug-likeness (QED) is 0.827. The topological polar surface area (TPSA) is 48.1 Å². The number of nitrogens with zero attached hydrogens (tertiary/aromatic N) is 1. The molecule has 0 aliphatic rings. The maximum Gasteiger partial charge on any atom is 0.142 e. The highest BCUT2D eigenvalue weighted by Crippen LogP contribution is 2.24. The summed E-state index contributed by atoms with van der Waals surface area (Å²) in [5, 5.41) is 0. The lowest BCUT2D eigenvalue weighted by Crippen LogP contribution is -1.98. The lowest BCUT2D eigenvalue weighted by molar-refractivity contribution is 0.311. The molecule has 1 aromatic heterocycles. The van der Waals surface area contributed by atoms with E-state index in [1.54, 1.807) is 23.0 Å². The number of anilines is 1. The minimum absolute atomic E-state index is 0.528. The van der Waals surface area contributed by atoms with Gasteiger partial charge >= 0.3 is 0 Å². The predicted molar refractivity (Wildman–Crippen MR) is 66.7 cm³/mol. The number of hydrogen-bond donors (Lipinski definition) is 1. The molecule has 0 aliphatic carbocycles. The third-order valence-corrected chi connectivity index (χ3v) is 3.09. The van der Waals surface area contributed by atoms with E-state index in [0.29, 0.717) is 12.3 Å². The molecule has 16 heavy (non-hydrogen) atoms. The van der Waals surface area contributed by atoms with Crippen molar-refractivity contribution in [3.8, 4) is 5.75 Å². The monoisotopic (exact) mass is 234 g/mol. The van der Waals surface area contributed by atoms with Crippen molar-refractivity contribution >= 4 is 17.0 Å². The molecule has 1 aromatic carbocycles. The number of aryl methyl sites for hydroxylation is 1. The van der Waals surface area contributed by atoms with Crippen LogP contribution < -0.4 is 10.5 Å². The molecule has 2 N–H and O–H groups in total. The number of rotatable bonds is 4. The lowest BCUT2D eigenvalue weighted by atomic mass is 10.1. The molecule has 0 unspecified atom stereocenters. The van der Waals surface area contributed by atoms with E-state index in [1.807, 2.05) is 18.2 Å². The predicted octanol–water partition coefficient (Wildman–Crippen LogP) is 2.87. The zero-order valence-electron chi connectivity index (χ0n) is 9.14. The second-order valence-electron chi connectivity index (χ2n) is 3.48. The zero-order valence-corrected chi connectivity index (χ0v) is 9.96. The normalized spacial score (nSPS) is 10.3. The van der Waals surface area contributed by atoms with Crippen molar-refractivity contribution in [1.82, 2.24) is 4.98 Å². The maximum atomic E-state index is 5.90. The summed E-state index contributed by atoms with van der Waals surface area (Å²) in [4.78, 5) is 5.09. The maximum absolute atomic E-state index is 5.90. The third kappa shape index (κ3) is 2.52. The molecule has 0 saturated carbocycles. The van der Waals surface area contributed by atoms with Crippen LogP contribution in [0.5, 0.6) is 5.75 Å². The summed E-state index contributed by atoms with van der Waals surface area (Å²) < 4.78 is 5.63. The first kappa shape index (κ1) is 11.0. The molecule has 0 atom stereocenters. The van der Waals surface area contributed by atoms with Crippen LogP contribution in [0.15, 0.2) is 29.9 Å². The highest BCUT2D eigenvalue weighted by molar-refractivity contribution is 7.09. The van der Waals surface area contributed by atoms with Crippen LogP contribution in [0.25, 0.3) is 0 Å². The van der Waals surface area contributed by atoms with E-state index in [0.717, 1.165) is 17.0 Å². The van der Waals surface area contributed by atoms with Crippen LogP contribution in [0.1, 0.15) is 17.4 Å². The van der Waals surface area contributed by atoms with Crippen LogP contribution in [-0.2, 0) is 13.0 Å². The Labute approximate surface area is 98.9 Å². The second kappa shape index (κ2) is 4.99. The Hall–Kier alpha value is -1.55. The summed E-state index contributed by atoms with van der Waals surface area (Å²) in [6, 6.07) is 5.93. The summed E-state index contributed by atoms with van der Waals surface area (Å²) in [6.45, 7) is 2.63. The molecule has 0 amide bonds. The van der Waals surface area contributed by atoms with E-state index in [4.69, 9.17) is 10.5 Å². The van der Waals surface area contributed by atoms with Gasteiger partial charge in [0.05, 0.1) is 16.1 Å². The van der Waals surface area contributed by atoms with Crippen molar-refractivity contribution in [3.05, 3.63) is 40.3 Å². The number of aromatic nitrogens is 1. The van der Waals surface area contributed by atoms with Gasteiger partial charge in [-0.05, 0) is 24.1 Å². The molecule has 2 aromatic rings. The number of hydrogen-bond acceptors (Lipinski definition) is 4. The Bertz CT molecular complexity index is 454. The lowest BCUT2D eigenvalue weighted by Gasteiger charge is -2.08. The van der Waals surface area contributed by atoms with Gasteiger partial charge in [-0.2, -0.15) is 0 Å². The van der Waals surface area contributed by atoms with Gasteiger partial charge in [-0.1, -0.05) is 13.0 Å². The minimum Gasteiger partial charge on any atom is -0.486 e. The van der Waals surface area contributed by atoms with Gasteiger partial charge < -0.3 is 10.5 Å². The molecule has 2 rings (SSSR count). The number of nitrogen functional groups attached to an aromatic ring is 1. The van der Waals surface area contributed by atoms with Crippen molar-refractivity contribution < 1.29 is 4.74 Å². The van der Waals surface area contributed by atoms with Gasteiger partial charge in [0, 0.05) is 6.20 Å². The molecule has 0 radical (unpaired) electrons. The van der Waals surface area contributed by atoms with Crippen molar-refractivity contribution in [2.75, 3.05) is 5.73 Å². The average molecular weight is 234 g/mol. The van der Waals surface area contributed by atoms with Gasteiger partial charge in [0.1, 0.15) is 12.4 Å². The molecule has 0 bridgehead atoms. The van der Waals surface area contributed by atoms with Gasteiger partial charge in [0.15, 0.2) is 0 Å². The first-order valence-corrected chi connectivity index (χ1v) is 6.06. The summed E-state index contributed by atoms with van der Waals surface area (Å²) >= 11 is 1.58. The van der Waals surface area contributed by atoms with Gasteiger partial charge in [0.2, 0.25) is 0 Å². The van der Waals surface area contributed by atoms with Crippen LogP contribution in [0, 0.1) is 0 Å². The fourth-order valence-corrected chi connectivity index (χ4v) is 1.92. The first-order chi connectivity index (χ1) is 7.79. The first-order valence-electron chi connectivity index (χ1n) is 5.18. The van der Waals surface area contributed by atoms with Crippen molar-refractivity contribution in [2.45, 2.75) is 20.0 Å². The number of benzene rings is 1. The van der Waals surface area contributed by atoms with Crippen LogP contribution in [-0.4, -0.2) is 4.98 Å². The van der Waals surface area contributed by atoms with Gasteiger partial charge in [-0.3, -0.25) is 4.98 Å². The zero-order chi connectivity index (χ0) is 11.4. The Morgan fingerprint density at radius 2 is 2.31 bits per heavy atom. The molecule has 0 saturated heterocycles. The highest BCUT2D eigenvalue weighted by Gasteiger charge is 2.02. The second-order valence-corrected chi connectivity index (χ2v) is 4.45. The molecule has 0 aliphatic heterocycles. The molecule has 3 nitrogen and oxygen atoms in total. The summed E-state index contributed by atoms with van der Waals surface area (Å²) in [5.74, 6) is 0.741. The van der Waals surface area contributed by atoms with Crippen LogP contribution >= 0.6 is 11.3 Å². The third-order valence-electron chi connectivity index (χ3n) is 2.34. The summed E-state index contributed by atoms with van der Waals surface area (Å²) in [7, 11) is 0. The standard InChI is InChI=1S/C12H14N2OS/c1-2-9-3-4-12(11(13)5-9)15-7-10-6-14-8-16-10/h3-6,8H,2,7,13H2,1H3. The summed E-state index contributed by atoms with van der Waals surface area (Å²) in [5.41, 5.74) is 9.62. The molecular weight excluding hydrogens is 220 g/mol. The molecular formula is C12H14N2OS.